The summed E-state index contributed by atoms with van der Waals surface area (Å²) in [4.78, 5) is 0. The standard InChI is InChI=1S/C37H38O/c1-35(2,3)27-18-22-29(23-19-27)37(38,30-24-20-28(21-25-30)36(4,5)6)34-17-10-9-15-33(34)32-16-11-13-26-12-7-8-14-31(26)32/h7-25,38H,1-6H3. The minimum Gasteiger partial charge on any atom is -0.376 e. The molecule has 0 unspecified atom stereocenters. The van der Waals surface area contributed by atoms with Gasteiger partial charge in [0.25, 0.3) is 0 Å². The van der Waals surface area contributed by atoms with Crippen molar-refractivity contribution in [1.82, 2.24) is 0 Å². The van der Waals surface area contributed by atoms with Crippen LogP contribution in [0, 0.1) is 0 Å². The lowest BCUT2D eigenvalue weighted by atomic mass is 9.75. The highest BCUT2D eigenvalue weighted by Gasteiger charge is 2.36. The third-order valence-electron chi connectivity index (χ3n) is 7.73. The number of hydrogen-bond donors (Lipinski definition) is 1. The molecule has 5 aromatic rings. The van der Waals surface area contributed by atoms with Crippen LogP contribution in [-0.4, -0.2) is 5.11 Å². The molecule has 0 aliphatic rings. The van der Waals surface area contributed by atoms with Crippen LogP contribution >= 0.6 is 0 Å². The van der Waals surface area contributed by atoms with Gasteiger partial charge in [0.15, 0.2) is 0 Å². The second-order valence-electron chi connectivity index (χ2n) is 12.4. The first kappa shape index (κ1) is 25.9. The predicted octanol–water partition coefficient (Wildman–Crippen LogP) is 9.39. The molecule has 0 atom stereocenters. The molecule has 0 radical (unpaired) electrons. The van der Waals surface area contributed by atoms with E-state index in [0.717, 1.165) is 27.8 Å². The number of benzene rings is 5. The van der Waals surface area contributed by atoms with Crippen LogP contribution in [0.1, 0.15) is 69.4 Å². The fourth-order valence-corrected chi connectivity index (χ4v) is 5.39. The van der Waals surface area contributed by atoms with Crippen LogP contribution < -0.4 is 0 Å². The molecular formula is C37H38O. The smallest absolute Gasteiger partial charge is 0.141 e. The topological polar surface area (TPSA) is 20.2 Å². The maximum absolute atomic E-state index is 12.9. The van der Waals surface area contributed by atoms with E-state index in [1.807, 2.05) is 6.07 Å². The van der Waals surface area contributed by atoms with Crippen molar-refractivity contribution < 1.29 is 5.11 Å². The third-order valence-corrected chi connectivity index (χ3v) is 7.73. The molecule has 5 aromatic carbocycles. The lowest BCUT2D eigenvalue weighted by Crippen LogP contribution is -2.30. The van der Waals surface area contributed by atoms with Gasteiger partial charge in [-0.15, -0.1) is 0 Å². The van der Waals surface area contributed by atoms with Crippen LogP contribution in [0.2, 0.25) is 0 Å². The lowest BCUT2D eigenvalue weighted by molar-refractivity contribution is 0.126. The Hall–Kier alpha value is -3.68. The van der Waals surface area contributed by atoms with E-state index in [4.69, 9.17) is 0 Å². The number of rotatable bonds is 4. The molecule has 0 heterocycles. The van der Waals surface area contributed by atoms with E-state index in [9.17, 15) is 5.11 Å². The Morgan fingerprint density at radius 2 is 0.842 bits per heavy atom. The van der Waals surface area contributed by atoms with Crippen molar-refractivity contribution in [2.45, 2.75) is 58.0 Å². The molecule has 38 heavy (non-hydrogen) atoms. The Kier molecular flexibility index (Phi) is 6.53. The molecule has 5 rings (SSSR count). The van der Waals surface area contributed by atoms with Gasteiger partial charge in [0.05, 0.1) is 0 Å². The molecule has 0 aromatic heterocycles. The highest BCUT2D eigenvalue weighted by Crippen LogP contribution is 2.44. The average molecular weight is 499 g/mol. The van der Waals surface area contributed by atoms with Gasteiger partial charge in [-0.05, 0) is 55.0 Å². The Balaban J connectivity index is 1.78. The van der Waals surface area contributed by atoms with Crippen LogP contribution in [0.4, 0.5) is 0 Å². The molecule has 0 spiro atoms. The number of fused-ring (bicyclic) bond motifs is 1. The van der Waals surface area contributed by atoms with Crippen LogP contribution in [0.3, 0.4) is 0 Å². The van der Waals surface area contributed by atoms with Crippen LogP contribution in [-0.2, 0) is 16.4 Å². The van der Waals surface area contributed by atoms with Crippen LogP contribution in [0.25, 0.3) is 21.9 Å². The maximum Gasteiger partial charge on any atom is 0.141 e. The molecule has 1 nitrogen and oxygen atoms in total. The lowest BCUT2D eigenvalue weighted by Gasteiger charge is -2.33. The Morgan fingerprint density at radius 1 is 0.421 bits per heavy atom. The first-order valence-electron chi connectivity index (χ1n) is 13.5. The Bertz CT molecular complexity index is 1500. The molecule has 0 aliphatic carbocycles. The van der Waals surface area contributed by atoms with Crippen molar-refractivity contribution in [3.05, 3.63) is 143 Å². The van der Waals surface area contributed by atoms with Gasteiger partial charge < -0.3 is 5.11 Å². The highest BCUT2D eigenvalue weighted by molar-refractivity contribution is 5.97. The van der Waals surface area contributed by atoms with E-state index in [1.54, 1.807) is 0 Å². The molecule has 1 heteroatoms. The van der Waals surface area contributed by atoms with E-state index in [-0.39, 0.29) is 10.8 Å². The van der Waals surface area contributed by atoms with E-state index in [2.05, 4.69) is 151 Å². The molecule has 0 amide bonds. The summed E-state index contributed by atoms with van der Waals surface area (Å²) in [5.74, 6) is 0. The van der Waals surface area contributed by atoms with Crippen molar-refractivity contribution in [3.8, 4) is 11.1 Å². The molecule has 1 N–H and O–H groups in total. The van der Waals surface area contributed by atoms with Gasteiger partial charge in [-0.2, -0.15) is 0 Å². The summed E-state index contributed by atoms with van der Waals surface area (Å²) < 4.78 is 0. The van der Waals surface area contributed by atoms with Gasteiger partial charge >= 0.3 is 0 Å². The monoisotopic (exact) mass is 498 g/mol. The van der Waals surface area contributed by atoms with E-state index < -0.39 is 5.60 Å². The maximum atomic E-state index is 12.9. The molecular weight excluding hydrogens is 460 g/mol. The summed E-state index contributed by atoms with van der Waals surface area (Å²) in [6.45, 7) is 13.3. The average Bonchev–Trinajstić information content (AvgIpc) is 2.91. The van der Waals surface area contributed by atoms with E-state index in [1.165, 1.54) is 21.9 Å². The van der Waals surface area contributed by atoms with Gasteiger partial charge in [0, 0.05) is 5.56 Å². The predicted molar refractivity (Wildman–Crippen MR) is 162 cm³/mol. The van der Waals surface area contributed by atoms with Crippen molar-refractivity contribution in [2.24, 2.45) is 0 Å². The SMILES string of the molecule is CC(C)(C)c1ccc(C(O)(c2ccc(C(C)(C)C)cc2)c2ccccc2-c2cccc3ccccc23)cc1. The van der Waals surface area contributed by atoms with Gasteiger partial charge in [-0.1, -0.05) is 157 Å². The Labute approximate surface area is 227 Å². The molecule has 0 saturated heterocycles. The minimum atomic E-state index is -1.33. The van der Waals surface area contributed by atoms with Gasteiger partial charge in [-0.25, -0.2) is 0 Å². The summed E-state index contributed by atoms with van der Waals surface area (Å²) in [7, 11) is 0. The quantitative estimate of drug-likeness (QED) is 0.245. The summed E-state index contributed by atoms with van der Waals surface area (Å²) >= 11 is 0. The molecule has 192 valence electrons. The third kappa shape index (κ3) is 4.68. The van der Waals surface area contributed by atoms with Gasteiger partial charge in [0.1, 0.15) is 5.60 Å². The highest BCUT2D eigenvalue weighted by atomic mass is 16.3. The summed E-state index contributed by atoms with van der Waals surface area (Å²) in [6, 6.07) is 40.2. The second kappa shape index (κ2) is 9.57. The van der Waals surface area contributed by atoms with Crippen molar-refractivity contribution in [3.63, 3.8) is 0 Å². The zero-order valence-electron chi connectivity index (χ0n) is 23.4. The van der Waals surface area contributed by atoms with Gasteiger partial charge in [0.2, 0.25) is 0 Å². The second-order valence-corrected chi connectivity index (χ2v) is 12.4. The molecule has 0 saturated carbocycles. The minimum absolute atomic E-state index is 0.0336. The molecule has 0 aliphatic heterocycles. The summed E-state index contributed by atoms with van der Waals surface area (Å²) in [6.07, 6.45) is 0. The van der Waals surface area contributed by atoms with E-state index in [0.29, 0.717) is 0 Å². The molecule has 0 fully saturated rings. The number of hydrogen-bond acceptors (Lipinski definition) is 1. The Morgan fingerprint density at radius 3 is 1.39 bits per heavy atom. The van der Waals surface area contributed by atoms with Crippen LogP contribution in [0.15, 0.2) is 115 Å². The van der Waals surface area contributed by atoms with Gasteiger partial charge in [-0.3, -0.25) is 0 Å². The summed E-state index contributed by atoms with van der Waals surface area (Å²) in [5, 5.41) is 15.3. The van der Waals surface area contributed by atoms with Crippen molar-refractivity contribution >= 4 is 10.8 Å². The first-order valence-corrected chi connectivity index (χ1v) is 13.5. The largest absolute Gasteiger partial charge is 0.376 e. The summed E-state index contributed by atoms with van der Waals surface area (Å²) in [5.41, 5.74) is 5.98. The van der Waals surface area contributed by atoms with Crippen LogP contribution in [0.5, 0.6) is 0 Å². The fraction of sp³-hybridized carbons (Fsp3) is 0.243. The fourth-order valence-electron chi connectivity index (χ4n) is 5.39. The van der Waals surface area contributed by atoms with Crippen molar-refractivity contribution in [1.29, 1.82) is 0 Å². The first-order chi connectivity index (χ1) is 18.0. The molecule has 0 bridgehead atoms. The normalized spacial score (nSPS) is 12.6. The zero-order chi connectivity index (χ0) is 27.1. The zero-order valence-corrected chi connectivity index (χ0v) is 23.4. The van der Waals surface area contributed by atoms with Crippen molar-refractivity contribution in [2.75, 3.05) is 0 Å². The number of aliphatic hydroxyl groups is 1. The van der Waals surface area contributed by atoms with E-state index >= 15 is 0 Å².